The van der Waals surface area contributed by atoms with Gasteiger partial charge in [-0.05, 0) is 25.5 Å². The number of unbranched alkanes of at least 4 members (excludes halogenated alkanes) is 1. The fourth-order valence-electron chi connectivity index (χ4n) is 0.943. The second-order valence-corrected chi connectivity index (χ2v) is 3.16. The number of halogens is 1. The first-order valence-corrected chi connectivity index (χ1v) is 4.84. The minimum atomic E-state index is 0.685. The first-order valence-electron chi connectivity index (χ1n) is 4.30. The molecule has 1 heterocycles. The molecule has 1 rings (SSSR count). The maximum absolute atomic E-state index is 5.53. The molecule has 1 aromatic rings. The summed E-state index contributed by atoms with van der Waals surface area (Å²) in [5, 5.41) is 0. The lowest BCUT2D eigenvalue weighted by atomic mass is 10.2. The summed E-state index contributed by atoms with van der Waals surface area (Å²) in [6.45, 7) is 1.96. The Morgan fingerprint density at radius 3 is 3.08 bits per heavy atom. The van der Waals surface area contributed by atoms with Gasteiger partial charge in [-0.1, -0.05) is 11.8 Å². The van der Waals surface area contributed by atoms with Crippen molar-refractivity contribution in [1.82, 2.24) is 4.98 Å². The molecule has 2 heteroatoms. The fraction of sp³-hybridized carbons (Fsp3) is 0.364. The van der Waals surface area contributed by atoms with Gasteiger partial charge in [0.1, 0.15) is 0 Å². The van der Waals surface area contributed by atoms with E-state index in [2.05, 4.69) is 16.8 Å². The van der Waals surface area contributed by atoms with Crippen molar-refractivity contribution in [2.24, 2.45) is 0 Å². The molecule has 0 aromatic carbocycles. The van der Waals surface area contributed by atoms with Gasteiger partial charge in [-0.15, -0.1) is 11.6 Å². The lowest BCUT2D eigenvalue weighted by Gasteiger charge is -1.91. The summed E-state index contributed by atoms with van der Waals surface area (Å²) >= 11 is 5.53. The quantitative estimate of drug-likeness (QED) is 0.400. The van der Waals surface area contributed by atoms with Crippen LogP contribution in [0.25, 0.3) is 0 Å². The van der Waals surface area contributed by atoms with E-state index in [1.807, 2.05) is 19.1 Å². The van der Waals surface area contributed by atoms with Crippen molar-refractivity contribution in [3.8, 4) is 11.8 Å². The molecule has 1 aromatic heterocycles. The van der Waals surface area contributed by atoms with Crippen LogP contribution in [-0.2, 0) is 0 Å². The van der Waals surface area contributed by atoms with Gasteiger partial charge in [0.2, 0.25) is 0 Å². The highest BCUT2D eigenvalue weighted by atomic mass is 35.5. The van der Waals surface area contributed by atoms with Crippen molar-refractivity contribution < 1.29 is 0 Å². The van der Waals surface area contributed by atoms with Gasteiger partial charge in [-0.25, -0.2) is 0 Å². The molecule has 0 unspecified atom stereocenters. The summed E-state index contributed by atoms with van der Waals surface area (Å²) in [7, 11) is 0. The number of nitrogens with zero attached hydrogens (tertiary/aromatic N) is 1. The largest absolute Gasteiger partial charge is 0.262 e. The van der Waals surface area contributed by atoms with Gasteiger partial charge in [-0.2, -0.15) is 0 Å². The van der Waals surface area contributed by atoms with E-state index >= 15 is 0 Å². The van der Waals surface area contributed by atoms with E-state index in [1.54, 1.807) is 6.20 Å². The Morgan fingerprint density at radius 2 is 2.38 bits per heavy atom. The predicted molar refractivity (Wildman–Crippen MR) is 55.8 cm³/mol. The minimum Gasteiger partial charge on any atom is -0.262 e. The Morgan fingerprint density at radius 1 is 1.54 bits per heavy atom. The molecular formula is C11H12ClN. The van der Waals surface area contributed by atoms with Crippen molar-refractivity contribution in [2.45, 2.75) is 19.8 Å². The van der Waals surface area contributed by atoms with Crippen molar-refractivity contribution in [3.63, 3.8) is 0 Å². The Labute approximate surface area is 84.1 Å². The molecule has 0 spiro atoms. The third-order valence-corrected chi connectivity index (χ3v) is 1.83. The molecule has 1 nitrogen and oxygen atoms in total. The first-order chi connectivity index (χ1) is 6.33. The smallest absolute Gasteiger partial charge is 0.0385 e. The van der Waals surface area contributed by atoms with Crippen LogP contribution in [0, 0.1) is 18.8 Å². The third kappa shape index (κ3) is 3.96. The second-order valence-electron chi connectivity index (χ2n) is 2.78. The van der Waals surface area contributed by atoms with E-state index < -0.39 is 0 Å². The number of aryl methyl sites for hydroxylation is 1. The van der Waals surface area contributed by atoms with Gasteiger partial charge in [0.15, 0.2) is 0 Å². The third-order valence-electron chi connectivity index (χ3n) is 1.56. The zero-order chi connectivity index (χ0) is 9.52. The molecule has 0 bridgehead atoms. The SMILES string of the molecule is Cc1cc(C#CCCCCl)ccn1. The summed E-state index contributed by atoms with van der Waals surface area (Å²) in [5.41, 5.74) is 2.03. The Kier molecular flexibility index (Phi) is 4.35. The summed E-state index contributed by atoms with van der Waals surface area (Å²) in [6.07, 6.45) is 3.60. The highest BCUT2D eigenvalue weighted by molar-refractivity contribution is 6.17. The monoisotopic (exact) mass is 193 g/mol. The van der Waals surface area contributed by atoms with Gasteiger partial charge in [0, 0.05) is 29.8 Å². The number of pyridine rings is 1. The fourth-order valence-corrected chi connectivity index (χ4v) is 1.08. The molecular weight excluding hydrogens is 182 g/mol. The molecule has 0 aliphatic carbocycles. The first kappa shape index (κ1) is 10.1. The van der Waals surface area contributed by atoms with Gasteiger partial charge in [0.25, 0.3) is 0 Å². The number of alkyl halides is 1. The van der Waals surface area contributed by atoms with E-state index in [1.165, 1.54) is 0 Å². The summed E-state index contributed by atoms with van der Waals surface area (Å²) in [5.74, 6) is 6.82. The van der Waals surface area contributed by atoms with Crippen LogP contribution >= 0.6 is 11.6 Å². The molecule has 0 saturated heterocycles. The van der Waals surface area contributed by atoms with Crippen LogP contribution in [0.5, 0.6) is 0 Å². The van der Waals surface area contributed by atoms with E-state index in [0.29, 0.717) is 5.88 Å². The molecule has 0 saturated carbocycles. The van der Waals surface area contributed by atoms with Crippen LogP contribution in [0.1, 0.15) is 24.1 Å². The van der Waals surface area contributed by atoms with Gasteiger partial charge in [0.05, 0.1) is 0 Å². The Balaban J connectivity index is 2.56. The number of hydrogen-bond acceptors (Lipinski definition) is 1. The number of hydrogen-bond donors (Lipinski definition) is 0. The van der Waals surface area contributed by atoms with Crippen LogP contribution in [0.2, 0.25) is 0 Å². The van der Waals surface area contributed by atoms with E-state index in [9.17, 15) is 0 Å². The van der Waals surface area contributed by atoms with Crippen LogP contribution in [0.15, 0.2) is 18.3 Å². The summed E-state index contributed by atoms with van der Waals surface area (Å²) in [4.78, 5) is 4.10. The highest BCUT2D eigenvalue weighted by Gasteiger charge is 1.87. The second kappa shape index (κ2) is 5.61. The molecule has 0 amide bonds. The minimum absolute atomic E-state index is 0.685. The molecule has 0 aliphatic rings. The average Bonchev–Trinajstić information content (AvgIpc) is 2.13. The van der Waals surface area contributed by atoms with E-state index in [4.69, 9.17) is 11.6 Å². The topological polar surface area (TPSA) is 12.9 Å². The zero-order valence-electron chi connectivity index (χ0n) is 7.68. The summed E-state index contributed by atoms with van der Waals surface area (Å²) < 4.78 is 0. The maximum Gasteiger partial charge on any atom is 0.0385 e. The summed E-state index contributed by atoms with van der Waals surface area (Å²) in [6, 6.07) is 3.90. The van der Waals surface area contributed by atoms with Crippen LogP contribution in [-0.4, -0.2) is 10.9 Å². The Bertz CT molecular complexity index is 322. The molecule has 0 radical (unpaired) electrons. The van der Waals surface area contributed by atoms with Crippen molar-refractivity contribution in [1.29, 1.82) is 0 Å². The van der Waals surface area contributed by atoms with E-state index in [-0.39, 0.29) is 0 Å². The zero-order valence-corrected chi connectivity index (χ0v) is 8.43. The predicted octanol–water partition coefficient (Wildman–Crippen LogP) is 2.76. The molecule has 68 valence electrons. The van der Waals surface area contributed by atoms with Gasteiger partial charge in [-0.3, -0.25) is 4.98 Å². The van der Waals surface area contributed by atoms with Crippen molar-refractivity contribution in [2.75, 3.05) is 5.88 Å². The molecule has 0 aliphatic heterocycles. The van der Waals surface area contributed by atoms with Crippen LogP contribution < -0.4 is 0 Å². The van der Waals surface area contributed by atoms with Crippen molar-refractivity contribution >= 4 is 11.6 Å². The Hall–Kier alpha value is -1.00. The molecule has 0 N–H and O–H groups in total. The molecule has 13 heavy (non-hydrogen) atoms. The lowest BCUT2D eigenvalue weighted by molar-refractivity contribution is 0.991. The van der Waals surface area contributed by atoms with E-state index in [0.717, 1.165) is 24.1 Å². The average molecular weight is 194 g/mol. The standard InChI is InChI=1S/C11H12ClN/c1-10-9-11(6-8-13-10)5-3-2-4-7-12/h6,8-9H,2,4,7H2,1H3. The van der Waals surface area contributed by atoms with Gasteiger partial charge >= 0.3 is 0 Å². The maximum atomic E-state index is 5.53. The van der Waals surface area contributed by atoms with Crippen LogP contribution in [0.3, 0.4) is 0 Å². The molecule has 0 fully saturated rings. The van der Waals surface area contributed by atoms with Crippen LogP contribution in [0.4, 0.5) is 0 Å². The number of rotatable bonds is 2. The van der Waals surface area contributed by atoms with Gasteiger partial charge < -0.3 is 0 Å². The highest BCUT2D eigenvalue weighted by Crippen LogP contribution is 1.98. The van der Waals surface area contributed by atoms with Crippen molar-refractivity contribution in [3.05, 3.63) is 29.6 Å². The molecule has 0 atom stereocenters. The lowest BCUT2D eigenvalue weighted by Crippen LogP contribution is -1.81. The number of aromatic nitrogens is 1. The normalized spacial score (nSPS) is 9.08.